The molecule has 0 atom stereocenters. The smallest absolute Gasteiger partial charge is 0.196 e. The number of aryl methyl sites for hydroxylation is 1. The van der Waals surface area contributed by atoms with Gasteiger partial charge in [-0.3, -0.25) is 0 Å². The van der Waals surface area contributed by atoms with Gasteiger partial charge in [0.05, 0.1) is 5.69 Å². The van der Waals surface area contributed by atoms with E-state index in [0.29, 0.717) is 3.95 Å². The molecule has 11 heavy (non-hydrogen) atoms. The van der Waals surface area contributed by atoms with Crippen molar-refractivity contribution in [2.45, 2.75) is 25.7 Å². The first kappa shape index (κ1) is 7.31. The van der Waals surface area contributed by atoms with Crippen molar-refractivity contribution in [2.24, 2.45) is 0 Å². The molecule has 0 spiro atoms. The highest BCUT2D eigenvalue weighted by Gasteiger charge is 2.15. The molecule has 1 aliphatic rings. The molecule has 0 amide bonds. The Morgan fingerprint density at radius 3 is 2.82 bits per heavy atom. The van der Waals surface area contributed by atoms with Crippen LogP contribution in [-0.2, 0) is 12.8 Å². The summed E-state index contributed by atoms with van der Waals surface area (Å²) in [6.45, 7) is 0. The molecule has 0 aromatic carbocycles. The Balaban J connectivity index is 2.59. The first-order chi connectivity index (χ1) is 5.29. The molecule has 1 aliphatic carbocycles. The van der Waals surface area contributed by atoms with Gasteiger partial charge in [0, 0.05) is 4.88 Å². The van der Waals surface area contributed by atoms with Crippen molar-refractivity contribution >= 4 is 23.6 Å². The molecule has 1 N–H and O–H groups in total. The van der Waals surface area contributed by atoms with E-state index in [2.05, 4.69) is 0 Å². The second-order valence-corrected chi connectivity index (χ2v) is 4.49. The van der Waals surface area contributed by atoms with Gasteiger partial charge >= 0.3 is 0 Å². The maximum absolute atomic E-state index is 9.41. The third kappa shape index (κ3) is 1.10. The number of aromatic nitrogens is 1. The second kappa shape index (κ2) is 2.60. The van der Waals surface area contributed by atoms with Crippen LogP contribution in [0.25, 0.3) is 0 Å². The number of nitrogens with zero attached hydrogens (tertiary/aromatic N) is 1. The molecule has 4 heteroatoms. The minimum Gasteiger partial charge on any atom is -0.427 e. The fraction of sp³-hybridized carbons (Fsp3) is 0.571. The van der Waals surface area contributed by atoms with E-state index in [-0.39, 0.29) is 0 Å². The summed E-state index contributed by atoms with van der Waals surface area (Å²) in [7, 11) is 0. The average Bonchev–Trinajstić information content (AvgIpc) is 2.30. The van der Waals surface area contributed by atoms with Crippen LogP contribution in [0, 0.1) is 3.95 Å². The predicted molar refractivity (Wildman–Crippen MR) is 47.0 cm³/mol. The van der Waals surface area contributed by atoms with Crippen molar-refractivity contribution < 1.29 is 5.21 Å². The lowest BCUT2D eigenvalue weighted by molar-refractivity contribution is 0.173. The van der Waals surface area contributed by atoms with Crippen molar-refractivity contribution in [3.05, 3.63) is 14.5 Å². The standard InChI is InChI=1S/C7H9NOS2/c9-8-5-3-1-2-4-6(5)11-7(8)10/h9H,1-4H2. The minimum absolute atomic E-state index is 0.594. The van der Waals surface area contributed by atoms with Crippen molar-refractivity contribution in [1.82, 2.24) is 4.73 Å². The van der Waals surface area contributed by atoms with E-state index in [1.165, 1.54) is 22.4 Å². The molecule has 2 rings (SSSR count). The van der Waals surface area contributed by atoms with Crippen molar-refractivity contribution in [3.63, 3.8) is 0 Å². The number of thiazole rings is 1. The van der Waals surface area contributed by atoms with Crippen LogP contribution < -0.4 is 0 Å². The summed E-state index contributed by atoms with van der Waals surface area (Å²) in [5, 5.41) is 9.41. The topological polar surface area (TPSA) is 25.2 Å². The molecular weight excluding hydrogens is 178 g/mol. The molecule has 0 radical (unpaired) electrons. The minimum atomic E-state index is 0.594. The predicted octanol–water partition coefficient (Wildman–Crippen LogP) is 2.40. The lowest BCUT2D eigenvalue weighted by atomic mass is 10.0. The van der Waals surface area contributed by atoms with Crippen molar-refractivity contribution in [2.75, 3.05) is 0 Å². The van der Waals surface area contributed by atoms with E-state index >= 15 is 0 Å². The average molecular weight is 187 g/mol. The summed E-state index contributed by atoms with van der Waals surface area (Å²) < 4.78 is 1.77. The largest absolute Gasteiger partial charge is 0.427 e. The Kier molecular flexibility index (Phi) is 1.73. The normalized spacial score (nSPS) is 16.4. The van der Waals surface area contributed by atoms with E-state index < -0.39 is 0 Å². The Hall–Kier alpha value is -0.350. The fourth-order valence-corrected chi connectivity index (χ4v) is 2.83. The molecule has 60 valence electrons. The quantitative estimate of drug-likeness (QED) is 0.498. The zero-order chi connectivity index (χ0) is 7.84. The third-order valence-corrected chi connectivity index (χ3v) is 3.49. The van der Waals surface area contributed by atoms with Gasteiger partial charge in [0.1, 0.15) is 0 Å². The Morgan fingerprint density at radius 1 is 1.36 bits per heavy atom. The molecule has 0 fully saturated rings. The van der Waals surface area contributed by atoms with Crippen LogP contribution in [0.2, 0.25) is 0 Å². The van der Waals surface area contributed by atoms with Gasteiger partial charge in [-0.2, -0.15) is 4.73 Å². The van der Waals surface area contributed by atoms with Crippen molar-refractivity contribution in [3.8, 4) is 0 Å². The lowest BCUT2D eigenvalue weighted by Gasteiger charge is -2.09. The molecule has 1 aromatic heterocycles. The van der Waals surface area contributed by atoms with Crippen LogP contribution in [-0.4, -0.2) is 9.94 Å². The van der Waals surface area contributed by atoms with Gasteiger partial charge in [-0.25, -0.2) is 0 Å². The maximum Gasteiger partial charge on any atom is 0.196 e. The fourth-order valence-electron chi connectivity index (χ4n) is 1.45. The summed E-state index contributed by atoms with van der Waals surface area (Å²) in [5.41, 5.74) is 1.05. The number of rotatable bonds is 0. The highest BCUT2D eigenvalue weighted by molar-refractivity contribution is 7.73. The summed E-state index contributed by atoms with van der Waals surface area (Å²) in [4.78, 5) is 1.28. The third-order valence-electron chi connectivity index (χ3n) is 2.03. The highest BCUT2D eigenvalue weighted by Crippen LogP contribution is 2.26. The van der Waals surface area contributed by atoms with Gasteiger partial charge in [-0.1, -0.05) is 0 Å². The monoisotopic (exact) mass is 187 g/mol. The van der Waals surface area contributed by atoms with Gasteiger partial charge in [0.15, 0.2) is 3.95 Å². The zero-order valence-electron chi connectivity index (χ0n) is 6.04. The molecule has 1 aromatic rings. The molecule has 0 unspecified atom stereocenters. The van der Waals surface area contributed by atoms with E-state index in [9.17, 15) is 5.21 Å². The lowest BCUT2D eigenvalue weighted by Crippen LogP contribution is -2.05. The number of hydrogen-bond acceptors (Lipinski definition) is 3. The van der Waals surface area contributed by atoms with Crippen molar-refractivity contribution in [1.29, 1.82) is 0 Å². The summed E-state index contributed by atoms with van der Waals surface area (Å²) in [6.07, 6.45) is 4.50. The van der Waals surface area contributed by atoms with Gasteiger partial charge in [0.2, 0.25) is 0 Å². The second-order valence-electron chi connectivity index (χ2n) is 2.76. The SMILES string of the molecule is On1c2c(sc1=S)CCCC2. The van der Waals surface area contributed by atoms with E-state index in [4.69, 9.17) is 12.2 Å². The molecule has 0 saturated carbocycles. The van der Waals surface area contributed by atoms with Crippen LogP contribution in [0.5, 0.6) is 0 Å². The summed E-state index contributed by atoms with van der Waals surface area (Å²) >= 11 is 6.50. The van der Waals surface area contributed by atoms with Gasteiger partial charge in [0.25, 0.3) is 0 Å². The zero-order valence-corrected chi connectivity index (χ0v) is 7.67. The Morgan fingerprint density at radius 2 is 2.09 bits per heavy atom. The van der Waals surface area contributed by atoms with Gasteiger partial charge in [-0.05, 0) is 37.9 Å². The summed E-state index contributed by atoms with van der Waals surface area (Å²) in [6, 6.07) is 0. The highest BCUT2D eigenvalue weighted by atomic mass is 32.1. The molecule has 2 nitrogen and oxygen atoms in total. The van der Waals surface area contributed by atoms with Crippen LogP contribution in [0.4, 0.5) is 0 Å². The Bertz CT molecular complexity index is 326. The molecular formula is C7H9NOS2. The molecule has 1 heterocycles. The maximum atomic E-state index is 9.41. The van der Waals surface area contributed by atoms with Crippen LogP contribution in [0.3, 0.4) is 0 Å². The van der Waals surface area contributed by atoms with Gasteiger partial charge < -0.3 is 5.21 Å². The first-order valence-electron chi connectivity index (χ1n) is 3.72. The van der Waals surface area contributed by atoms with Crippen LogP contribution >= 0.6 is 23.6 Å². The van der Waals surface area contributed by atoms with Crippen LogP contribution in [0.15, 0.2) is 0 Å². The molecule has 0 bridgehead atoms. The number of hydrogen-bond donors (Lipinski definition) is 1. The van der Waals surface area contributed by atoms with Gasteiger partial charge in [-0.15, -0.1) is 11.3 Å². The molecule has 0 saturated heterocycles. The van der Waals surface area contributed by atoms with Crippen LogP contribution in [0.1, 0.15) is 23.4 Å². The number of fused-ring (bicyclic) bond motifs is 1. The first-order valence-corrected chi connectivity index (χ1v) is 4.94. The molecule has 0 aliphatic heterocycles. The van der Waals surface area contributed by atoms with E-state index in [1.807, 2.05) is 0 Å². The van der Waals surface area contributed by atoms with E-state index in [0.717, 1.165) is 18.5 Å². The Labute approximate surface area is 74.1 Å². The summed E-state index contributed by atoms with van der Waals surface area (Å²) in [5.74, 6) is 0. The van der Waals surface area contributed by atoms with E-state index in [1.54, 1.807) is 11.3 Å².